The van der Waals surface area contributed by atoms with Gasteiger partial charge in [-0.25, -0.2) is 4.79 Å². The largest absolute Gasteiger partial charge is 0.481 e. The summed E-state index contributed by atoms with van der Waals surface area (Å²) in [4.78, 5) is 24.5. The van der Waals surface area contributed by atoms with E-state index in [4.69, 9.17) is 5.11 Å². The van der Waals surface area contributed by atoms with Crippen molar-refractivity contribution in [1.82, 2.24) is 15.5 Å². The molecular weight excluding hydrogens is 246 g/mol. The number of hydrogen-bond acceptors (Lipinski definition) is 3. The van der Waals surface area contributed by atoms with Gasteiger partial charge in [0.05, 0.1) is 5.92 Å². The van der Waals surface area contributed by atoms with Crippen LogP contribution in [0.5, 0.6) is 0 Å². The summed E-state index contributed by atoms with van der Waals surface area (Å²) in [7, 11) is 2.08. The maximum atomic E-state index is 11.6. The summed E-state index contributed by atoms with van der Waals surface area (Å²) in [5.74, 6) is -1.13. The first-order chi connectivity index (χ1) is 8.99. The number of amides is 2. The monoisotopic (exact) mass is 271 g/mol. The number of rotatable bonds is 6. The zero-order valence-electron chi connectivity index (χ0n) is 11.8. The molecule has 1 aliphatic rings. The first-order valence-corrected chi connectivity index (χ1v) is 6.94. The van der Waals surface area contributed by atoms with Crippen LogP contribution < -0.4 is 10.6 Å². The van der Waals surface area contributed by atoms with E-state index in [2.05, 4.69) is 22.6 Å². The number of nitrogens with one attached hydrogen (secondary N) is 2. The van der Waals surface area contributed by atoms with Gasteiger partial charge >= 0.3 is 12.0 Å². The minimum atomic E-state index is -0.782. The third kappa shape index (κ3) is 6.42. The van der Waals surface area contributed by atoms with Gasteiger partial charge in [0.25, 0.3) is 0 Å². The van der Waals surface area contributed by atoms with Gasteiger partial charge in [0.2, 0.25) is 0 Å². The Kier molecular flexibility index (Phi) is 6.62. The molecule has 0 aromatic carbocycles. The van der Waals surface area contributed by atoms with Gasteiger partial charge in [-0.3, -0.25) is 4.79 Å². The van der Waals surface area contributed by atoms with Crippen molar-refractivity contribution in [3.63, 3.8) is 0 Å². The van der Waals surface area contributed by atoms with E-state index in [9.17, 15) is 9.59 Å². The summed E-state index contributed by atoms with van der Waals surface area (Å²) in [6, 6.07) is 0.117. The minimum absolute atomic E-state index is 0.141. The van der Waals surface area contributed by atoms with E-state index in [0.717, 1.165) is 25.9 Å². The van der Waals surface area contributed by atoms with E-state index in [-0.39, 0.29) is 18.0 Å². The highest BCUT2D eigenvalue weighted by atomic mass is 16.4. The Balaban J connectivity index is 2.06. The molecule has 6 nitrogen and oxygen atoms in total. The van der Waals surface area contributed by atoms with Crippen molar-refractivity contribution in [2.45, 2.75) is 38.6 Å². The van der Waals surface area contributed by atoms with Crippen LogP contribution in [0.15, 0.2) is 0 Å². The highest BCUT2D eigenvalue weighted by Gasteiger charge is 2.18. The third-order valence-corrected chi connectivity index (χ3v) is 3.57. The maximum absolute atomic E-state index is 11.6. The zero-order valence-corrected chi connectivity index (χ0v) is 11.8. The van der Waals surface area contributed by atoms with Crippen LogP contribution in [-0.4, -0.2) is 54.7 Å². The Hall–Kier alpha value is -1.30. The highest BCUT2D eigenvalue weighted by Crippen LogP contribution is 2.08. The van der Waals surface area contributed by atoms with E-state index in [1.165, 1.54) is 0 Å². The molecule has 2 amide bonds. The van der Waals surface area contributed by atoms with Gasteiger partial charge in [-0.2, -0.15) is 0 Å². The molecule has 19 heavy (non-hydrogen) atoms. The first kappa shape index (κ1) is 15.8. The summed E-state index contributed by atoms with van der Waals surface area (Å²) in [5.41, 5.74) is 0. The van der Waals surface area contributed by atoms with Crippen LogP contribution in [0.2, 0.25) is 0 Å². The van der Waals surface area contributed by atoms with Gasteiger partial charge in [0.1, 0.15) is 0 Å². The van der Waals surface area contributed by atoms with Gasteiger partial charge in [0.15, 0.2) is 0 Å². The van der Waals surface area contributed by atoms with Gasteiger partial charge in [0, 0.05) is 12.6 Å². The molecule has 0 saturated carbocycles. The number of urea groups is 1. The molecule has 0 bridgehead atoms. The summed E-state index contributed by atoms with van der Waals surface area (Å²) in [6.45, 7) is 4.24. The van der Waals surface area contributed by atoms with Crippen molar-refractivity contribution in [2.75, 3.05) is 26.7 Å². The second-order valence-electron chi connectivity index (χ2n) is 5.36. The second-order valence-corrected chi connectivity index (χ2v) is 5.36. The van der Waals surface area contributed by atoms with Crippen molar-refractivity contribution in [3.05, 3.63) is 0 Å². The molecule has 1 unspecified atom stereocenters. The number of aliphatic carboxylic acids is 1. The van der Waals surface area contributed by atoms with Crippen LogP contribution in [0.25, 0.3) is 0 Å². The lowest BCUT2D eigenvalue weighted by atomic mass is 10.1. The minimum Gasteiger partial charge on any atom is -0.481 e. The molecule has 1 aliphatic heterocycles. The van der Waals surface area contributed by atoms with Crippen molar-refractivity contribution in [1.29, 1.82) is 0 Å². The van der Waals surface area contributed by atoms with Crippen LogP contribution in [0.3, 0.4) is 0 Å². The molecule has 1 fully saturated rings. The van der Waals surface area contributed by atoms with E-state index in [0.29, 0.717) is 19.4 Å². The summed E-state index contributed by atoms with van der Waals surface area (Å²) < 4.78 is 0. The smallest absolute Gasteiger partial charge is 0.315 e. The Bertz CT molecular complexity index is 302. The van der Waals surface area contributed by atoms with E-state index in [1.54, 1.807) is 6.92 Å². The number of carbonyl (C=O) groups is 2. The number of likely N-dealkylation sites (tertiary alicyclic amines) is 1. The quantitative estimate of drug-likeness (QED) is 0.626. The predicted octanol–water partition coefficient (Wildman–Crippen LogP) is 0.881. The Morgan fingerprint density at radius 3 is 2.58 bits per heavy atom. The lowest BCUT2D eigenvalue weighted by Gasteiger charge is -2.29. The average molecular weight is 271 g/mol. The third-order valence-electron chi connectivity index (χ3n) is 3.57. The molecule has 3 N–H and O–H groups in total. The van der Waals surface area contributed by atoms with Crippen molar-refractivity contribution in [2.24, 2.45) is 5.92 Å². The van der Waals surface area contributed by atoms with Crippen LogP contribution in [0, 0.1) is 5.92 Å². The standard InChI is InChI=1S/C13H25N3O3/c1-10(12(17)18)4-3-7-14-13(19)15-11-5-8-16(2)9-6-11/h10-11H,3-9H2,1-2H3,(H,17,18)(H2,14,15,19). The average Bonchev–Trinajstić information content (AvgIpc) is 2.37. The molecule has 0 aromatic heterocycles. The van der Waals surface area contributed by atoms with Crippen LogP contribution in [0.1, 0.15) is 32.6 Å². The molecule has 0 aliphatic carbocycles. The zero-order chi connectivity index (χ0) is 14.3. The molecule has 1 rings (SSSR count). The molecule has 0 aromatic rings. The molecular formula is C13H25N3O3. The molecule has 0 spiro atoms. The SMILES string of the molecule is CC(CCCNC(=O)NC1CCN(C)CC1)C(=O)O. The summed E-state index contributed by atoms with van der Waals surface area (Å²) in [6.07, 6.45) is 3.25. The predicted molar refractivity (Wildman–Crippen MR) is 73.1 cm³/mol. The molecule has 1 atom stereocenters. The Morgan fingerprint density at radius 1 is 1.37 bits per heavy atom. The highest BCUT2D eigenvalue weighted by molar-refractivity contribution is 5.74. The van der Waals surface area contributed by atoms with E-state index in [1.807, 2.05) is 0 Å². The Morgan fingerprint density at radius 2 is 2.00 bits per heavy atom. The normalized spacial score (nSPS) is 18.8. The lowest BCUT2D eigenvalue weighted by molar-refractivity contribution is -0.141. The van der Waals surface area contributed by atoms with E-state index >= 15 is 0 Å². The topological polar surface area (TPSA) is 81.7 Å². The van der Waals surface area contributed by atoms with Gasteiger partial charge in [-0.05, 0) is 45.8 Å². The fraction of sp³-hybridized carbons (Fsp3) is 0.846. The van der Waals surface area contributed by atoms with Gasteiger partial charge in [-0.1, -0.05) is 6.92 Å². The molecule has 1 saturated heterocycles. The number of piperidine rings is 1. The van der Waals surface area contributed by atoms with Crippen molar-refractivity contribution in [3.8, 4) is 0 Å². The fourth-order valence-corrected chi connectivity index (χ4v) is 2.12. The lowest BCUT2D eigenvalue weighted by Crippen LogP contribution is -2.47. The van der Waals surface area contributed by atoms with E-state index < -0.39 is 5.97 Å². The number of hydrogen-bond donors (Lipinski definition) is 3. The van der Waals surface area contributed by atoms with Gasteiger partial charge in [-0.15, -0.1) is 0 Å². The van der Waals surface area contributed by atoms with Crippen LogP contribution in [-0.2, 0) is 4.79 Å². The number of carbonyl (C=O) groups excluding carboxylic acids is 1. The molecule has 110 valence electrons. The molecule has 1 heterocycles. The first-order valence-electron chi connectivity index (χ1n) is 6.94. The molecule has 0 radical (unpaired) electrons. The van der Waals surface area contributed by atoms with Gasteiger partial charge < -0.3 is 20.6 Å². The number of nitrogens with zero attached hydrogens (tertiary/aromatic N) is 1. The Labute approximate surface area is 114 Å². The maximum Gasteiger partial charge on any atom is 0.315 e. The second kappa shape index (κ2) is 7.99. The van der Waals surface area contributed by atoms with Crippen LogP contribution in [0.4, 0.5) is 4.79 Å². The fourth-order valence-electron chi connectivity index (χ4n) is 2.12. The molecule has 6 heteroatoms. The summed E-state index contributed by atoms with van der Waals surface area (Å²) >= 11 is 0. The van der Waals surface area contributed by atoms with Crippen molar-refractivity contribution < 1.29 is 14.7 Å². The van der Waals surface area contributed by atoms with Crippen molar-refractivity contribution >= 4 is 12.0 Å². The van der Waals surface area contributed by atoms with Crippen LogP contribution >= 0.6 is 0 Å². The number of carboxylic acid groups (broad SMARTS) is 1. The summed E-state index contributed by atoms with van der Waals surface area (Å²) in [5, 5.41) is 14.5. The number of carboxylic acids is 1.